The zero-order valence-electron chi connectivity index (χ0n) is 17.1. The average Bonchev–Trinajstić information content (AvgIpc) is 3.43. The second-order valence-electron chi connectivity index (χ2n) is 6.90. The second kappa shape index (κ2) is 8.71. The summed E-state index contributed by atoms with van der Waals surface area (Å²) >= 11 is 4.71. The number of aryl methyl sites for hydroxylation is 2. The highest BCUT2D eigenvalue weighted by molar-refractivity contribution is 7.98. The van der Waals surface area contributed by atoms with Crippen LogP contribution < -0.4 is 4.90 Å². The molecule has 0 aliphatic carbocycles. The van der Waals surface area contributed by atoms with Gasteiger partial charge in [-0.15, -0.1) is 32.9 Å². The molecule has 6 nitrogen and oxygen atoms in total. The van der Waals surface area contributed by atoms with E-state index in [1.54, 1.807) is 34.9 Å². The summed E-state index contributed by atoms with van der Waals surface area (Å²) in [5.74, 6) is 1.47. The number of carbonyl (C=O) groups is 1. The molecule has 0 N–H and O–H groups in total. The number of hydrogen-bond donors (Lipinski definition) is 0. The predicted octanol–water partition coefficient (Wildman–Crippen LogP) is 5.59. The van der Waals surface area contributed by atoms with Gasteiger partial charge in [-0.3, -0.25) is 9.69 Å². The molecule has 0 saturated heterocycles. The average molecular weight is 456 g/mol. The lowest BCUT2D eigenvalue weighted by Gasteiger charge is -2.20. The molecule has 9 heteroatoms. The summed E-state index contributed by atoms with van der Waals surface area (Å²) in [7, 11) is 1.97. The SMILES string of the molecule is CC(=O)N(c1nc(CSc2nnc(-c3cccs3)n2C)cs1)c1ccc(C)cc1C. The Morgan fingerprint density at radius 1 is 1.20 bits per heavy atom. The van der Waals surface area contributed by atoms with Crippen molar-refractivity contribution in [2.75, 3.05) is 4.90 Å². The van der Waals surface area contributed by atoms with Crippen LogP contribution >= 0.6 is 34.4 Å². The van der Waals surface area contributed by atoms with Crippen LogP contribution in [0.25, 0.3) is 10.7 Å². The zero-order chi connectivity index (χ0) is 21.3. The van der Waals surface area contributed by atoms with E-state index in [0.717, 1.165) is 32.8 Å². The van der Waals surface area contributed by atoms with Crippen molar-refractivity contribution >= 4 is 51.2 Å². The highest BCUT2D eigenvalue weighted by Crippen LogP contribution is 2.33. The number of thioether (sulfide) groups is 1. The van der Waals surface area contributed by atoms with Gasteiger partial charge in [-0.25, -0.2) is 4.98 Å². The van der Waals surface area contributed by atoms with Crippen molar-refractivity contribution in [1.29, 1.82) is 0 Å². The minimum atomic E-state index is -0.0515. The molecule has 154 valence electrons. The number of hydrogen-bond acceptors (Lipinski definition) is 7. The lowest BCUT2D eigenvalue weighted by molar-refractivity contribution is -0.115. The van der Waals surface area contributed by atoms with Gasteiger partial charge in [-0.1, -0.05) is 35.5 Å². The van der Waals surface area contributed by atoms with Crippen LogP contribution in [-0.4, -0.2) is 25.7 Å². The van der Waals surface area contributed by atoms with E-state index in [1.165, 1.54) is 16.9 Å². The van der Waals surface area contributed by atoms with E-state index < -0.39 is 0 Å². The molecular weight excluding hydrogens is 434 g/mol. The molecule has 3 aromatic heterocycles. The molecule has 0 spiro atoms. The molecule has 0 atom stereocenters. The second-order valence-corrected chi connectivity index (χ2v) is 9.62. The Morgan fingerprint density at radius 2 is 2.03 bits per heavy atom. The number of carbonyl (C=O) groups excluding carboxylic acids is 1. The van der Waals surface area contributed by atoms with Crippen LogP contribution in [0.2, 0.25) is 0 Å². The van der Waals surface area contributed by atoms with Crippen molar-refractivity contribution in [1.82, 2.24) is 19.7 Å². The smallest absolute Gasteiger partial charge is 0.230 e. The van der Waals surface area contributed by atoms with Gasteiger partial charge in [0.2, 0.25) is 5.91 Å². The molecule has 0 bridgehead atoms. The largest absolute Gasteiger partial charge is 0.304 e. The van der Waals surface area contributed by atoms with Gasteiger partial charge in [0, 0.05) is 25.1 Å². The molecule has 0 fully saturated rings. The predicted molar refractivity (Wildman–Crippen MR) is 125 cm³/mol. The summed E-state index contributed by atoms with van der Waals surface area (Å²) in [5.41, 5.74) is 4.00. The summed E-state index contributed by atoms with van der Waals surface area (Å²) in [4.78, 5) is 19.9. The first-order valence-corrected chi connectivity index (χ1v) is 12.1. The van der Waals surface area contributed by atoms with Gasteiger partial charge in [-0.2, -0.15) is 0 Å². The van der Waals surface area contributed by atoms with Crippen molar-refractivity contribution < 1.29 is 4.79 Å². The first-order valence-electron chi connectivity index (χ1n) is 9.32. The molecule has 1 amide bonds. The highest BCUT2D eigenvalue weighted by atomic mass is 32.2. The fraction of sp³-hybridized carbons (Fsp3) is 0.238. The molecule has 1 aromatic carbocycles. The third-order valence-corrected chi connectivity index (χ3v) is 7.36. The quantitative estimate of drug-likeness (QED) is 0.354. The van der Waals surface area contributed by atoms with E-state index in [0.29, 0.717) is 10.9 Å². The van der Waals surface area contributed by atoms with Crippen LogP contribution in [-0.2, 0) is 17.6 Å². The number of anilines is 2. The van der Waals surface area contributed by atoms with E-state index in [1.807, 2.05) is 60.5 Å². The van der Waals surface area contributed by atoms with Crippen LogP contribution in [0.3, 0.4) is 0 Å². The number of amides is 1. The summed E-state index contributed by atoms with van der Waals surface area (Å²) in [6.07, 6.45) is 0. The number of rotatable bonds is 6. The fourth-order valence-corrected chi connectivity index (χ4v) is 5.66. The van der Waals surface area contributed by atoms with Crippen molar-refractivity contribution in [3.8, 4) is 10.7 Å². The number of aromatic nitrogens is 4. The summed E-state index contributed by atoms with van der Waals surface area (Å²) in [6, 6.07) is 10.1. The molecule has 0 unspecified atom stereocenters. The van der Waals surface area contributed by atoms with E-state index in [2.05, 4.69) is 16.3 Å². The topological polar surface area (TPSA) is 63.9 Å². The summed E-state index contributed by atoms with van der Waals surface area (Å²) in [6.45, 7) is 5.63. The maximum atomic E-state index is 12.4. The van der Waals surface area contributed by atoms with E-state index in [9.17, 15) is 4.79 Å². The third kappa shape index (κ3) is 4.19. The van der Waals surface area contributed by atoms with Gasteiger partial charge in [0.25, 0.3) is 0 Å². The first-order chi connectivity index (χ1) is 14.4. The Balaban J connectivity index is 1.52. The van der Waals surface area contributed by atoms with Gasteiger partial charge < -0.3 is 4.57 Å². The molecule has 4 aromatic rings. The van der Waals surface area contributed by atoms with Crippen molar-refractivity contribution in [2.45, 2.75) is 31.7 Å². The normalized spacial score (nSPS) is 11.1. The first kappa shape index (κ1) is 20.8. The number of nitrogens with zero attached hydrogens (tertiary/aromatic N) is 5. The van der Waals surface area contributed by atoms with Crippen molar-refractivity contribution in [3.63, 3.8) is 0 Å². The lowest BCUT2D eigenvalue weighted by atomic mass is 10.1. The molecule has 3 heterocycles. The van der Waals surface area contributed by atoms with Crippen LogP contribution in [0.5, 0.6) is 0 Å². The van der Waals surface area contributed by atoms with Gasteiger partial charge in [0.1, 0.15) is 0 Å². The maximum Gasteiger partial charge on any atom is 0.230 e. The van der Waals surface area contributed by atoms with Crippen molar-refractivity contribution in [2.24, 2.45) is 7.05 Å². The van der Waals surface area contributed by atoms with Gasteiger partial charge in [-0.05, 0) is 36.9 Å². The maximum absolute atomic E-state index is 12.4. The Kier molecular flexibility index (Phi) is 6.03. The van der Waals surface area contributed by atoms with Crippen LogP contribution in [0.4, 0.5) is 10.8 Å². The van der Waals surface area contributed by atoms with Gasteiger partial charge in [0.05, 0.1) is 16.3 Å². The van der Waals surface area contributed by atoms with Crippen LogP contribution in [0.15, 0.2) is 46.2 Å². The Morgan fingerprint density at radius 3 is 2.73 bits per heavy atom. The van der Waals surface area contributed by atoms with E-state index in [-0.39, 0.29) is 5.91 Å². The molecule has 0 aliphatic rings. The Labute approximate surface area is 187 Å². The number of benzene rings is 1. The van der Waals surface area contributed by atoms with Gasteiger partial charge in [0.15, 0.2) is 16.1 Å². The molecule has 30 heavy (non-hydrogen) atoms. The number of thiophene rings is 1. The highest BCUT2D eigenvalue weighted by Gasteiger charge is 2.20. The molecule has 0 saturated carbocycles. The Hall–Kier alpha value is -2.49. The van der Waals surface area contributed by atoms with E-state index >= 15 is 0 Å². The molecule has 0 radical (unpaired) electrons. The monoisotopic (exact) mass is 455 g/mol. The molecule has 4 rings (SSSR count). The van der Waals surface area contributed by atoms with Crippen LogP contribution in [0, 0.1) is 13.8 Å². The number of thiazole rings is 1. The van der Waals surface area contributed by atoms with Crippen molar-refractivity contribution in [3.05, 3.63) is 57.9 Å². The van der Waals surface area contributed by atoms with E-state index in [4.69, 9.17) is 4.98 Å². The molecule has 0 aliphatic heterocycles. The fourth-order valence-electron chi connectivity index (χ4n) is 3.13. The summed E-state index contributed by atoms with van der Waals surface area (Å²) < 4.78 is 2.00. The zero-order valence-corrected chi connectivity index (χ0v) is 19.6. The minimum Gasteiger partial charge on any atom is -0.304 e. The standard InChI is InChI=1S/C21H21N5OS3/c1-13-7-8-17(14(2)10-13)26(15(3)27)20-22-16(11-29-20)12-30-21-24-23-19(25(21)4)18-6-5-9-28-18/h5-11H,12H2,1-4H3. The van der Waals surface area contributed by atoms with Crippen LogP contribution in [0.1, 0.15) is 23.7 Å². The Bertz CT molecular complexity index is 1180. The minimum absolute atomic E-state index is 0.0515. The third-order valence-electron chi connectivity index (χ3n) is 4.56. The molecular formula is C21H21N5OS3. The lowest BCUT2D eigenvalue weighted by Crippen LogP contribution is -2.23. The summed E-state index contributed by atoms with van der Waals surface area (Å²) in [5, 5.41) is 14.2. The van der Waals surface area contributed by atoms with Gasteiger partial charge >= 0.3 is 0 Å².